The van der Waals surface area contributed by atoms with Crippen LogP contribution in [0.3, 0.4) is 0 Å². The van der Waals surface area contributed by atoms with Crippen molar-refractivity contribution in [3.05, 3.63) is 68.6 Å². The SMILES string of the molecule is CC1(C)CC(=O)C2=C(C1)NC1=CCCC=C1NC2c1ccc(Cl)cc1Cl. The number of hydrogen-bond donors (Lipinski definition) is 2. The number of carbonyl (C=O) groups excluding carboxylic acids is 1. The Bertz CT molecular complexity index is 880. The Balaban J connectivity index is 1.88. The molecule has 3 nitrogen and oxygen atoms in total. The first kappa shape index (κ1) is 17.7. The summed E-state index contributed by atoms with van der Waals surface area (Å²) in [5.74, 6) is 0.173. The second-order valence-electron chi connectivity index (χ2n) is 8.01. The molecule has 0 amide bonds. The molecule has 5 heteroatoms. The highest BCUT2D eigenvalue weighted by molar-refractivity contribution is 6.35. The van der Waals surface area contributed by atoms with E-state index in [0.717, 1.165) is 47.5 Å². The Hall–Kier alpha value is -1.71. The molecule has 1 aromatic rings. The van der Waals surface area contributed by atoms with E-state index in [1.807, 2.05) is 12.1 Å². The molecule has 0 radical (unpaired) electrons. The van der Waals surface area contributed by atoms with Crippen molar-refractivity contribution in [3.63, 3.8) is 0 Å². The van der Waals surface area contributed by atoms with Gasteiger partial charge < -0.3 is 10.6 Å². The van der Waals surface area contributed by atoms with Crippen molar-refractivity contribution in [2.24, 2.45) is 5.41 Å². The third-order valence-electron chi connectivity index (χ3n) is 5.22. The van der Waals surface area contributed by atoms with Crippen molar-refractivity contribution in [1.29, 1.82) is 0 Å². The molecule has 1 unspecified atom stereocenters. The molecule has 136 valence electrons. The van der Waals surface area contributed by atoms with E-state index in [2.05, 4.69) is 36.6 Å². The van der Waals surface area contributed by atoms with Crippen LogP contribution in [0.25, 0.3) is 0 Å². The largest absolute Gasteiger partial charge is 0.372 e. The zero-order valence-corrected chi connectivity index (χ0v) is 16.5. The van der Waals surface area contributed by atoms with Gasteiger partial charge in [0.05, 0.1) is 17.4 Å². The summed E-state index contributed by atoms with van der Waals surface area (Å²) in [6.07, 6.45) is 7.74. The van der Waals surface area contributed by atoms with Crippen LogP contribution in [-0.2, 0) is 4.79 Å². The van der Waals surface area contributed by atoms with Crippen LogP contribution in [0.5, 0.6) is 0 Å². The number of rotatable bonds is 1. The third kappa shape index (κ3) is 3.19. The molecule has 0 fully saturated rings. The number of nitrogens with one attached hydrogen (secondary N) is 2. The molecule has 1 heterocycles. The van der Waals surface area contributed by atoms with Crippen molar-refractivity contribution in [3.8, 4) is 0 Å². The van der Waals surface area contributed by atoms with Crippen molar-refractivity contribution in [1.82, 2.24) is 10.6 Å². The standard InChI is InChI=1S/C21H22Cl2N2O/c1-21(2)10-17-19(18(26)11-21)20(13-8-7-12(22)9-14(13)23)25-16-6-4-3-5-15(16)24-17/h5-9,20,24-25H,3-4,10-11H2,1-2H3. The van der Waals surface area contributed by atoms with Gasteiger partial charge in [-0.25, -0.2) is 0 Å². The minimum Gasteiger partial charge on any atom is -0.372 e. The lowest BCUT2D eigenvalue weighted by Crippen LogP contribution is -2.33. The maximum absolute atomic E-state index is 13.1. The van der Waals surface area contributed by atoms with E-state index in [-0.39, 0.29) is 17.2 Å². The summed E-state index contributed by atoms with van der Waals surface area (Å²) in [4.78, 5) is 13.1. The van der Waals surface area contributed by atoms with Gasteiger partial charge in [-0.15, -0.1) is 0 Å². The first-order chi connectivity index (χ1) is 12.3. The highest BCUT2D eigenvalue weighted by atomic mass is 35.5. The fraction of sp³-hybridized carbons (Fsp3) is 0.381. The van der Waals surface area contributed by atoms with Crippen molar-refractivity contribution < 1.29 is 4.79 Å². The summed E-state index contributed by atoms with van der Waals surface area (Å²) >= 11 is 12.6. The molecule has 0 aromatic heterocycles. The number of hydrogen-bond acceptors (Lipinski definition) is 3. The van der Waals surface area contributed by atoms with E-state index in [1.54, 1.807) is 6.07 Å². The van der Waals surface area contributed by atoms with Gasteiger partial charge in [0.2, 0.25) is 0 Å². The molecular formula is C21H22Cl2N2O. The van der Waals surface area contributed by atoms with E-state index in [1.165, 1.54) is 0 Å². The van der Waals surface area contributed by atoms with Gasteiger partial charge in [0, 0.05) is 27.7 Å². The molecule has 2 N–H and O–H groups in total. The predicted octanol–water partition coefficient (Wildman–Crippen LogP) is 5.43. The Kier molecular flexibility index (Phi) is 4.40. The van der Waals surface area contributed by atoms with Crippen LogP contribution in [0.2, 0.25) is 10.0 Å². The average Bonchev–Trinajstić information content (AvgIpc) is 2.69. The number of ketones is 1. The van der Waals surface area contributed by atoms with Gasteiger partial charge in [-0.2, -0.15) is 0 Å². The van der Waals surface area contributed by atoms with Crippen molar-refractivity contribution in [2.45, 2.75) is 45.6 Å². The van der Waals surface area contributed by atoms with Crippen LogP contribution < -0.4 is 10.6 Å². The van der Waals surface area contributed by atoms with Gasteiger partial charge in [0.25, 0.3) is 0 Å². The molecule has 26 heavy (non-hydrogen) atoms. The van der Waals surface area contributed by atoms with Gasteiger partial charge in [0.1, 0.15) is 0 Å². The first-order valence-electron chi connectivity index (χ1n) is 8.99. The molecule has 4 rings (SSSR count). The minimum atomic E-state index is -0.277. The van der Waals surface area contributed by atoms with Crippen LogP contribution >= 0.6 is 23.2 Å². The predicted molar refractivity (Wildman–Crippen MR) is 106 cm³/mol. The van der Waals surface area contributed by atoms with Gasteiger partial charge >= 0.3 is 0 Å². The zero-order chi connectivity index (χ0) is 18.5. The quantitative estimate of drug-likeness (QED) is 0.673. The molecule has 1 aromatic carbocycles. The summed E-state index contributed by atoms with van der Waals surface area (Å²) < 4.78 is 0. The third-order valence-corrected chi connectivity index (χ3v) is 5.78. The van der Waals surface area contributed by atoms with E-state index >= 15 is 0 Å². The van der Waals surface area contributed by atoms with E-state index in [9.17, 15) is 4.79 Å². The first-order valence-corrected chi connectivity index (χ1v) is 9.75. The van der Waals surface area contributed by atoms with Crippen molar-refractivity contribution >= 4 is 29.0 Å². The number of fused-ring (bicyclic) bond motifs is 1. The van der Waals surface area contributed by atoms with Crippen molar-refractivity contribution in [2.75, 3.05) is 0 Å². The molecule has 0 saturated carbocycles. The molecule has 1 atom stereocenters. The zero-order valence-electron chi connectivity index (χ0n) is 15.0. The fourth-order valence-corrected chi connectivity index (χ4v) is 4.59. The number of allylic oxidation sites excluding steroid dienone is 3. The molecular weight excluding hydrogens is 367 g/mol. The highest BCUT2D eigenvalue weighted by Gasteiger charge is 2.39. The highest BCUT2D eigenvalue weighted by Crippen LogP contribution is 2.44. The van der Waals surface area contributed by atoms with E-state index in [0.29, 0.717) is 16.5 Å². The number of carbonyl (C=O) groups is 1. The van der Waals surface area contributed by atoms with Crippen LogP contribution in [0.15, 0.2) is 53.0 Å². The summed E-state index contributed by atoms with van der Waals surface area (Å²) in [5.41, 5.74) is 4.72. The second kappa shape index (κ2) is 6.47. The number of Topliss-reactive ketones (excluding diaryl/α,β-unsaturated/α-hetero) is 1. The Labute approximate surface area is 164 Å². The minimum absolute atomic E-state index is 0.0549. The van der Waals surface area contributed by atoms with Gasteiger partial charge in [-0.1, -0.05) is 55.3 Å². The second-order valence-corrected chi connectivity index (χ2v) is 8.86. The Morgan fingerprint density at radius 2 is 1.81 bits per heavy atom. The molecule has 1 aliphatic heterocycles. The maximum atomic E-state index is 13.1. The lowest BCUT2D eigenvalue weighted by molar-refractivity contribution is -0.118. The lowest BCUT2D eigenvalue weighted by Gasteiger charge is -2.34. The molecule has 2 aliphatic carbocycles. The summed E-state index contributed by atoms with van der Waals surface area (Å²) in [5, 5.41) is 8.30. The summed E-state index contributed by atoms with van der Waals surface area (Å²) in [6, 6.07) is 5.20. The van der Waals surface area contributed by atoms with Crippen LogP contribution in [0, 0.1) is 5.41 Å². The fourth-order valence-electron chi connectivity index (χ4n) is 4.07. The smallest absolute Gasteiger partial charge is 0.163 e. The normalized spacial score (nSPS) is 24.5. The molecule has 0 spiro atoms. The topological polar surface area (TPSA) is 41.1 Å². The summed E-state index contributed by atoms with van der Waals surface area (Å²) in [7, 11) is 0. The van der Waals surface area contributed by atoms with Crippen LogP contribution in [0.4, 0.5) is 0 Å². The molecule has 0 bridgehead atoms. The Morgan fingerprint density at radius 1 is 1.08 bits per heavy atom. The Morgan fingerprint density at radius 3 is 2.54 bits per heavy atom. The monoisotopic (exact) mass is 388 g/mol. The summed E-state index contributed by atoms with van der Waals surface area (Å²) in [6.45, 7) is 4.29. The van der Waals surface area contributed by atoms with E-state index in [4.69, 9.17) is 23.2 Å². The molecule has 3 aliphatic rings. The van der Waals surface area contributed by atoms with Gasteiger partial charge in [-0.3, -0.25) is 4.79 Å². The van der Waals surface area contributed by atoms with Gasteiger partial charge in [-0.05, 0) is 42.4 Å². The number of halogens is 2. The maximum Gasteiger partial charge on any atom is 0.163 e. The van der Waals surface area contributed by atoms with Crippen LogP contribution in [0.1, 0.15) is 51.1 Å². The lowest BCUT2D eigenvalue weighted by atomic mass is 9.73. The van der Waals surface area contributed by atoms with Gasteiger partial charge in [0.15, 0.2) is 5.78 Å². The van der Waals surface area contributed by atoms with E-state index < -0.39 is 0 Å². The van der Waals surface area contributed by atoms with Crippen LogP contribution in [-0.4, -0.2) is 5.78 Å². The molecule has 0 saturated heterocycles. The average molecular weight is 389 g/mol. The number of benzene rings is 1.